The van der Waals surface area contributed by atoms with Crippen molar-refractivity contribution in [3.8, 4) is 0 Å². The maximum Gasteiger partial charge on any atom is 0 e. The van der Waals surface area contributed by atoms with Gasteiger partial charge in [0.25, 0.3) is 0 Å². The Kier molecular flexibility index (Phi) is 8.47. The molecule has 0 unspecified atom stereocenters. The molecule has 0 bridgehead atoms. The van der Waals surface area contributed by atoms with Gasteiger partial charge in [0.15, 0.2) is 0 Å². The smallest absolute Gasteiger partial charge is 0 e. The van der Waals surface area contributed by atoms with Crippen LogP contribution in [0.15, 0.2) is 0 Å². The van der Waals surface area contributed by atoms with E-state index in [1.807, 2.05) is 0 Å². The van der Waals surface area contributed by atoms with Crippen LogP contribution in [0.2, 0.25) is 0 Å². The summed E-state index contributed by atoms with van der Waals surface area (Å²) in [6, 6.07) is 0. The summed E-state index contributed by atoms with van der Waals surface area (Å²) in [5, 5.41) is 0. The zero-order valence-corrected chi connectivity index (χ0v) is 5.55. The summed E-state index contributed by atoms with van der Waals surface area (Å²) in [7, 11) is 0. The van der Waals surface area contributed by atoms with Crippen molar-refractivity contribution in [2.75, 3.05) is 0 Å². The van der Waals surface area contributed by atoms with E-state index in [1.54, 1.807) is 0 Å². The van der Waals surface area contributed by atoms with Gasteiger partial charge in [0.2, 0.25) is 0 Å². The number of hydrogen-bond donors (Lipinski definition) is 0. The number of hydrogen-bond acceptors (Lipinski definition) is 0. The van der Waals surface area contributed by atoms with Crippen molar-refractivity contribution in [1.29, 1.82) is 0 Å². The second-order valence-corrected chi connectivity index (χ2v) is 1.73. The van der Waals surface area contributed by atoms with Crippen molar-refractivity contribution < 1.29 is 19.5 Å². The van der Waals surface area contributed by atoms with Gasteiger partial charge in [-0.25, -0.2) is 0 Å². The standard InChI is InChI=1S/C4H10.Rh/c1-4(2)3;/h4H,1-3H3;. The van der Waals surface area contributed by atoms with Crippen molar-refractivity contribution in [2.24, 2.45) is 5.92 Å². The van der Waals surface area contributed by atoms with E-state index >= 15 is 0 Å². The second-order valence-electron chi connectivity index (χ2n) is 1.73. The Morgan fingerprint density at radius 3 is 1.00 bits per heavy atom. The molecule has 0 saturated heterocycles. The third-order valence-electron chi connectivity index (χ3n) is 0. The predicted octanol–water partition coefficient (Wildman–Crippen LogP) is 1.66. The first-order valence-corrected chi connectivity index (χ1v) is 1.73. The van der Waals surface area contributed by atoms with Gasteiger partial charge < -0.3 is 0 Å². The van der Waals surface area contributed by atoms with E-state index in [0.717, 1.165) is 5.92 Å². The third-order valence-corrected chi connectivity index (χ3v) is 0. The molecular weight excluding hydrogens is 151 g/mol. The van der Waals surface area contributed by atoms with Crippen LogP contribution in [0, 0.1) is 5.92 Å². The molecule has 0 aliphatic heterocycles. The van der Waals surface area contributed by atoms with Crippen LogP contribution >= 0.6 is 0 Å². The van der Waals surface area contributed by atoms with Crippen LogP contribution in [0.5, 0.6) is 0 Å². The van der Waals surface area contributed by atoms with E-state index < -0.39 is 0 Å². The second kappa shape index (κ2) is 4.62. The minimum Gasteiger partial charge on any atom is -0.0630 e. The Hall–Kier alpha value is 0.623. The normalized spacial score (nSPS) is 7.20. The van der Waals surface area contributed by atoms with Gasteiger partial charge in [-0.2, -0.15) is 0 Å². The first kappa shape index (κ1) is 9.16. The molecule has 0 aliphatic carbocycles. The summed E-state index contributed by atoms with van der Waals surface area (Å²) >= 11 is 0. The molecule has 0 rings (SSSR count). The van der Waals surface area contributed by atoms with Crippen molar-refractivity contribution in [3.05, 3.63) is 0 Å². The molecule has 0 nitrogen and oxygen atoms in total. The largest absolute Gasteiger partial charge is 0.0630 e. The molecule has 0 heterocycles. The average Bonchev–Trinajstić information content (AvgIpc) is 0.811. The molecule has 0 aromatic carbocycles. The molecule has 0 fully saturated rings. The predicted molar refractivity (Wildman–Crippen MR) is 20.5 cm³/mol. The van der Waals surface area contributed by atoms with Crippen molar-refractivity contribution >= 4 is 0 Å². The molecule has 1 heteroatoms. The van der Waals surface area contributed by atoms with Crippen LogP contribution in [0.25, 0.3) is 0 Å². The van der Waals surface area contributed by atoms with E-state index in [4.69, 9.17) is 0 Å². The SMILES string of the molecule is CC(C)C.[Rh]. The molecular formula is C4H10Rh. The van der Waals surface area contributed by atoms with Crippen molar-refractivity contribution in [2.45, 2.75) is 20.8 Å². The fourth-order valence-corrected chi connectivity index (χ4v) is 0. The fourth-order valence-electron chi connectivity index (χ4n) is 0. The quantitative estimate of drug-likeness (QED) is 0.474. The molecule has 0 atom stereocenters. The minimum absolute atomic E-state index is 0. The Bertz CT molecular complexity index is 8.36. The molecule has 1 radical (unpaired) electrons. The molecule has 0 N–H and O–H groups in total. The van der Waals surface area contributed by atoms with Gasteiger partial charge in [-0.05, 0) is 5.92 Å². The summed E-state index contributed by atoms with van der Waals surface area (Å²) in [4.78, 5) is 0. The molecule has 0 spiro atoms. The summed E-state index contributed by atoms with van der Waals surface area (Å²) in [5.41, 5.74) is 0. The minimum atomic E-state index is 0. The summed E-state index contributed by atoms with van der Waals surface area (Å²) in [5.74, 6) is 0.833. The van der Waals surface area contributed by atoms with Crippen molar-refractivity contribution in [1.82, 2.24) is 0 Å². The van der Waals surface area contributed by atoms with Crippen LogP contribution in [0.3, 0.4) is 0 Å². The summed E-state index contributed by atoms with van der Waals surface area (Å²) in [6.07, 6.45) is 0. The Balaban J connectivity index is 0. The summed E-state index contributed by atoms with van der Waals surface area (Å²) < 4.78 is 0. The maximum atomic E-state index is 2.17. The molecule has 5 heavy (non-hydrogen) atoms. The van der Waals surface area contributed by atoms with Crippen molar-refractivity contribution in [3.63, 3.8) is 0 Å². The first-order valence-electron chi connectivity index (χ1n) is 1.73. The van der Waals surface area contributed by atoms with Crippen LogP contribution in [-0.4, -0.2) is 0 Å². The van der Waals surface area contributed by atoms with Gasteiger partial charge in [0.1, 0.15) is 0 Å². The molecule has 0 aromatic rings. The fraction of sp³-hybridized carbons (Fsp3) is 1.00. The zero-order valence-electron chi connectivity index (χ0n) is 3.91. The Labute approximate surface area is 46.7 Å². The topological polar surface area (TPSA) is 0 Å². The summed E-state index contributed by atoms with van der Waals surface area (Å²) in [6.45, 7) is 6.50. The van der Waals surface area contributed by atoms with Crippen LogP contribution in [-0.2, 0) is 19.5 Å². The molecule has 35 valence electrons. The van der Waals surface area contributed by atoms with Crippen LogP contribution in [0.1, 0.15) is 20.8 Å². The average molecular weight is 161 g/mol. The zero-order chi connectivity index (χ0) is 3.58. The third kappa shape index (κ3) is 81.9. The van der Waals surface area contributed by atoms with Gasteiger partial charge in [0.05, 0.1) is 0 Å². The maximum absolute atomic E-state index is 2.17. The number of rotatable bonds is 0. The van der Waals surface area contributed by atoms with Crippen LogP contribution < -0.4 is 0 Å². The monoisotopic (exact) mass is 161 g/mol. The molecule has 0 aromatic heterocycles. The van der Waals surface area contributed by atoms with Gasteiger partial charge in [-0.1, -0.05) is 20.8 Å². The molecule has 0 amide bonds. The van der Waals surface area contributed by atoms with E-state index in [2.05, 4.69) is 20.8 Å². The molecule has 0 aliphatic rings. The van der Waals surface area contributed by atoms with E-state index in [-0.39, 0.29) is 19.5 Å². The Morgan fingerprint density at radius 1 is 1.00 bits per heavy atom. The first-order chi connectivity index (χ1) is 1.73. The Morgan fingerprint density at radius 2 is 1.00 bits per heavy atom. The van der Waals surface area contributed by atoms with E-state index in [9.17, 15) is 0 Å². The van der Waals surface area contributed by atoms with Gasteiger partial charge >= 0.3 is 0 Å². The van der Waals surface area contributed by atoms with Gasteiger partial charge in [0, 0.05) is 19.5 Å². The van der Waals surface area contributed by atoms with Gasteiger partial charge in [-0.3, -0.25) is 0 Å². The van der Waals surface area contributed by atoms with E-state index in [0.29, 0.717) is 0 Å². The molecule has 0 saturated carbocycles. The van der Waals surface area contributed by atoms with Gasteiger partial charge in [-0.15, -0.1) is 0 Å². The van der Waals surface area contributed by atoms with E-state index in [1.165, 1.54) is 0 Å². The van der Waals surface area contributed by atoms with Crippen LogP contribution in [0.4, 0.5) is 0 Å².